The number of sulfone groups is 1. The van der Waals surface area contributed by atoms with Crippen LogP contribution in [0.3, 0.4) is 0 Å². The normalized spacial score (nSPS) is 11.5. The lowest BCUT2D eigenvalue weighted by Crippen LogP contribution is -2.26. The van der Waals surface area contributed by atoms with Gasteiger partial charge in [0.1, 0.15) is 15.7 Å². The molecular weight excluding hydrogens is 243 g/mol. The summed E-state index contributed by atoms with van der Waals surface area (Å²) in [4.78, 5) is 1.70. The molecule has 0 aliphatic heterocycles. The molecule has 0 fully saturated rings. The highest BCUT2D eigenvalue weighted by Crippen LogP contribution is 2.21. The minimum absolute atomic E-state index is 0.0318. The van der Waals surface area contributed by atoms with E-state index < -0.39 is 9.84 Å². The first kappa shape index (κ1) is 13.9. The number of rotatable bonds is 5. The molecule has 0 aliphatic carbocycles. The SMILES string of the molecule is CN(CCS(C)(=O)=O)c1cccc(F)c1CN. The second kappa shape index (κ2) is 5.46. The van der Waals surface area contributed by atoms with Crippen LogP contribution < -0.4 is 10.6 Å². The molecule has 0 aromatic heterocycles. The van der Waals surface area contributed by atoms with Gasteiger partial charge < -0.3 is 10.6 Å². The van der Waals surface area contributed by atoms with E-state index in [0.29, 0.717) is 17.8 Å². The Morgan fingerprint density at radius 1 is 1.41 bits per heavy atom. The molecule has 0 spiro atoms. The number of hydrogen-bond acceptors (Lipinski definition) is 4. The van der Waals surface area contributed by atoms with Crippen LogP contribution in [-0.2, 0) is 16.4 Å². The van der Waals surface area contributed by atoms with Gasteiger partial charge in [-0.1, -0.05) is 6.07 Å². The summed E-state index contributed by atoms with van der Waals surface area (Å²) in [5.41, 5.74) is 6.53. The van der Waals surface area contributed by atoms with E-state index in [1.807, 2.05) is 0 Å². The number of anilines is 1. The summed E-state index contributed by atoms with van der Waals surface area (Å²) in [6.45, 7) is 0.403. The molecule has 0 unspecified atom stereocenters. The Kier molecular flexibility index (Phi) is 4.47. The molecule has 1 aromatic carbocycles. The Morgan fingerprint density at radius 3 is 2.59 bits per heavy atom. The molecule has 0 aliphatic rings. The van der Waals surface area contributed by atoms with E-state index in [4.69, 9.17) is 5.73 Å². The van der Waals surface area contributed by atoms with Gasteiger partial charge in [-0.25, -0.2) is 12.8 Å². The van der Waals surface area contributed by atoms with Crippen molar-refractivity contribution in [2.24, 2.45) is 5.73 Å². The highest BCUT2D eigenvalue weighted by molar-refractivity contribution is 7.90. The van der Waals surface area contributed by atoms with Gasteiger partial charge in [-0.2, -0.15) is 0 Å². The second-order valence-electron chi connectivity index (χ2n) is 3.99. The van der Waals surface area contributed by atoms with Gasteiger partial charge in [0.2, 0.25) is 0 Å². The predicted molar refractivity (Wildman–Crippen MR) is 67.3 cm³/mol. The van der Waals surface area contributed by atoms with Gasteiger partial charge in [0.25, 0.3) is 0 Å². The molecule has 4 nitrogen and oxygen atoms in total. The minimum Gasteiger partial charge on any atom is -0.373 e. The largest absolute Gasteiger partial charge is 0.373 e. The van der Waals surface area contributed by atoms with E-state index in [1.54, 1.807) is 24.1 Å². The van der Waals surface area contributed by atoms with Crippen molar-refractivity contribution < 1.29 is 12.8 Å². The lowest BCUT2D eigenvalue weighted by Gasteiger charge is -2.21. The zero-order valence-electron chi connectivity index (χ0n) is 9.98. The van der Waals surface area contributed by atoms with Gasteiger partial charge in [0, 0.05) is 37.6 Å². The molecule has 0 bridgehead atoms. The van der Waals surface area contributed by atoms with Crippen LogP contribution in [0.4, 0.5) is 10.1 Å². The fourth-order valence-corrected chi connectivity index (χ4v) is 2.14. The van der Waals surface area contributed by atoms with Crippen LogP contribution in [0.25, 0.3) is 0 Å². The fraction of sp³-hybridized carbons (Fsp3) is 0.455. The number of benzene rings is 1. The predicted octanol–water partition coefficient (Wildman–Crippen LogP) is 0.765. The number of halogens is 1. The molecule has 96 valence electrons. The maximum atomic E-state index is 13.5. The van der Waals surface area contributed by atoms with Gasteiger partial charge in [-0.3, -0.25) is 0 Å². The maximum Gasteiger partial charge on any atom is 0.149 e. The molecule has 1 aromatic rings. The third kappa shape index (κ3) is 3.98. The first-order valence-electron chi connectivity index (χ1n) is 5.21. The number of hydrogen-bond donors (Lipinski definition) is 1. The smallest absolute Gasteiger partial charge is 0.149 e. The van der Waals surface area contributed by atoms with E-state index in [-0.39, 0.29) is 18.1 Å². The van der Waals surface area contributed by atoms with Crippen LogP contribution >= 0.6 is 0 Å². The summed E-state index contributed by atoms with van der Waals surface area (Å²) in [6, 6.07) is 4.66. The lowest BCUT2D eigenvalue weighted by atomic mass is 10.1. The molecule has 0 heterocycles. The highest BCUT2D eigenvalue weighted by atomic mass is 32.2. The Morgan fingerprint density at radius 2 is 2.06 bits per heavy atom. The quantitative estimate of drug-likeness (QED) is 0.849. The first-order valence-corrected chi connectivity index (χ1v) is 7.27. The van der Waals surface area contributed by atoms with Crippen LogP contribution in [0.2, 0.25) is 0 Å². The molecule has 6 heteroatoms. The van der Waals surface area contributed by atoms with Gasteiger partial charge >= 0.3 is 0 Å². The Hall–Kier alpha value is -1.14. The molecule has 0 saturated carbocycles. The van der Waals surface area contributed by atoms with Gasteiger partial charge in [0.05, 0.1) is 5.75 Å². The lowest BCUT2D eigenvalue weighted by molar-refractivity contribution is 0.600. The Bertz CT molecular complexity index is 488. The number of nitrogens with zero attached hydrogens (tertiary/aromatic N) is 1. The number of nitrogens with two attached hydrogens (primary N) is 1. The first-order chi connectivity index (χ1) is 7.85. The summed E-state index contributed by atoms with van der Waals surface area (Å²) in [6.07, 6.45) is 1.18. The van der Waals surface area contributed by atoms with Crippen LogP contribution in [0.1, 0.15) is 5.56 Å². The van der Waals surface area contributed by atoms with E-state index in [0.717, 1.165) is 0 Å². The van der Waals surface area contributed by atoms with Crippen LogP contribution in [-0.4, -0.2) is 34.0 Å². The standard InChI is InChI=1S/C11H17FN2O2S/c1-14(6-7-17(2,15)16)11-5-3-4-10(12)9(11)8-13/h3-5H,6-8,13H2,1-2H3. The molecular formula is C11H17FN2O2S. The van der Waals surface area contributed by atoms with E-state index >= 15 is 0 Å². The molecule has 0 atom stereocenters. The third-order valence-electron chi connectivity index (χ3n) is 2.51. The fourth-order valence-electron chi connectivity index (χ4n) is 1.53. The maximum absolute atomic E-state index is 13.5. The van der Waals surface area contributed by atoms with Crippen LogP contribution in [0.15, 0.2) is 18.2 Å². The van der Waals surface area contributed by atoms with E-state index in [1.165, 1.54) is 12.3 Å². The summed E-state index contributed by atoms with van der Waals surface area (Å²) in [5, 5.41) is 0. The molecule has 1 rings (SSSR count). The van der Waals surface area contributed by atoms with Gasteiger partial charge in [-0.05, 0) is 12.1 Å². The summed E-state index contributed by atoms with van der Waals surface area (Å²) in [7, 11) is -1.30. The van der Waals surface area contributed by atoms with Crippen molar-refractivity contribution in [1.82, 2.24) is 0 Å². The summed E-state index contributed by atoms with van der Waals surface area (Å²) in [5.74, 6) is -0.333. The zero-order chi connectivity index (χ0) is 13.1. The Balaban J connectivity index is 2.89. The van der Waals surface area contributed by atoms with Crippen molar-refractivity contribution in [1.29, 1.82) is 0 Å². The molecule has 0 radical (unpaired) electrons. The molecule has 2 N–H and O–H groups in total. The van der Waals surface area contributed by atoms with Crippen molar-refractivity contribution >= 4 is 15.5 Å². The second-order valence-corrected chi connectivity index (χ2v) is 6.25. The average Bonchev–Trinajstić information content (AvgIpc) is 2.24. The van der Waals surface area contributed by atoms with E-state index in [2.05, 4.69) is 0 Å². The van der Waals surface area contributed by atoms with Crippen molar-refractivity contribution in [3.05, 3.63) is 29.6 Å². The van der Waals surface area contributed by atoms with Crippen molar-refractivity contribution in [3.8, 4) is 0 Å². The monoisotopic (exact) mass is 260 g/mol. The Labute approximate surface area is 101 Å². The molecule has 0 saturated heterocycles. The summed E-state index contributed by atoms with van der Waals surface area (Å²) >= 11 is 0. The van der Waals surface area contributed by atoms with Crippen molar-refractivity contribution in [3.63, 3.8) is 0 Å². The van der Waals surface area contributed by atoms with E-state index in [9.17, 15) is 12.8 Å². The molecule has 0 amide bonds. The van der Waals surface area contributed by atoms with Crippen LogP contribution in [0, 0.1) is 5.82 Å². The van der Waals surface area contributed by atoms with Crippen molar-refractivity contribution in [2.75, 3.05) is 30.5 Å². The summed E-state index contributed by atoms with van der Waals surface area (Å²) < 4.78 is 35.6. The van der Waals surface area contributed by atoms with Gasteiger partial charge in [0.15, 0.2) is 0 Å². The zero-order valence-corrected chi connectivity index (χ0v) is 10.8. The van der Waals surface area contributed by atoms with Gasteiger partial charge in [-0.15, -0.1) is 0 Å². The van der Waals surface area contributed by atoms with Crippen LogP contribution in [0.5, 0.6) is 0 Å². The van der Waals surface area contributed by atoms with Crippen molar-refractivity contribution in [2.45, 2.75) is 6.54 Å². The topological polar surface area (TPSA) is 63.4 Å². The highest BCUT2D eigenvalue weighted by Gasteiger charge is 2.12. The average molecular weight is 260 g/mol. The third-order valence-corrected chi connectivity index (χ3v) is 3.43. The minimum atomic E-state index is -3.02. The molecule has 17 heavy (non-hydrogen) atoms.